The first-order chi connectivity index (χ1) is 12.2. The lowest BCUT2D eigenvalue weighted by Crippen LogP contribution is -2.14. The molecule has 1 amide bonds. The van der Waals surface area contributed by atoms with Crippen LogP contribution < -0.4 is 5.32 Å². The highest BCUT2D eigenvalue weighted by atomic mass is 19.1. The number of hydrogen-bond donors (Lipinski definition) is 1. The number of anilines is 1. The Labute approximate surface area is 142 Å². The smallest absolute Gasteiger partial charge is 0.295 e. The van der Waals surface area contributed by atoms with Crippen LogP contribution >= 0.6 is 0 Å². The zero-order valence-electron chi connectivity index (χ0n) is 13.1. The monoisotopic (exact) mass is 332 g/mol. The summed E-state index contributed by atoms with van der Waals surface area (Å²) in [7, 11) is 0. The SMILES string of the molecule is O=C(Nc1ccc(F)cc1)c1nc2cccc(-c3ccccc3)n2n1. The number of nitrogens with one attached hydrogen (secondary N) is 1. The second kappa shape index (κ2) is 6.16. The van der Waals surface area contributed by atoms with E-state index in [1.807, 2.05) is 42.5 Å². The van der Waals surface area contributed by atoms with Crippen molar-refractivity contribution < 1.29 is 9.18 Å². The maximum atomic E-state index is 13.0. The Balaban J connectivity index is 1.69. The number of carbonyl (C=O) groups is 1. The second-order valence-electron chi connectivity index (χ2n) is 5.44. The van der Waals surface area contributed by atoms with E-state index in [2.05, 4.69) is 15.4 Å². The molecule has 1 N–H and O–H groups in total. The van der Waals surface area contributed by atoms with Crippen molar-refractivity contribution >= 4 is 17.2 Å². The van der Waals surface area contributed by atoms with E-state index in [0.29, 0.717) is 11.3 Å². The van der Waals surface area contributed by atoms with Crippen LogP contribution in [0.1, 0.15) is 10.6 Å². The van der Waals surface area contributed by atoms with E-state index in [1.165, 1.54) is 24.3 Å². The minimum Gasteiger partial charge on any atom is -0.319 e. The van der Waals surface area contributed by atoms with E-state index < -0.39 is 5.91 Å². The first-order valence-corrected chi connectivity index (χ1v) is 7.69. The number of aromatic nitrogens is 3. The van der Waals surface area contributed by atoms with Crippen LogP contribution in [0.5, 0.6) is 0 Å². The van der Waals surface area contributed by atoms with Gasteiger partial charge in [0.2, 0.25) is 5.82 Å². The highest BCUT2D eigenvalue weighted by Crippen LogP contribution is 2.20. The lowest BCUT2D eigenvalue weighted by atomic mass is 10.1. The van der Waals surface area contributed by atoms with Crippen molar-refractivity contribution in [2.75, 3.05) is 5.32 Å². The average Bonchev–Trinajstić information content (AvgIpc) is 3.09. The summed E-state index contributed by atoms with van der Waals surface area (Å²) in [6, 6.07) is 20.8. The Bertz CT molecular complexity index is 1040. The molecule has 4 rings (SSSR count). The fourth-order valence-electron chi connectivity index (χ4n) is 2.55. The van der Waals surface area contributed by atoms with Gasteiger partial charge in [-0.15, -0.1) is 5.10 Å². The van der Waals surface area contributed by atoms with Crippen molar-refractivity contribution in [3.05, 3.63) is 84.4 Å². The predicted octanol–water partition coefficient (Wildman–Crippen LogP) is 3.79. The van der Waals surface area contributed by atoms with Crippen molar-refractivity contribution in [1.82, 2.24) is 14.6 Å². The highest BCUT2D eigenvalue weighted by molar-refractivity contribution is 6.01. The molecular formula is C19H13FN4O. The summed E-state index contributed by atoms with van der Waals surface area (Å²) in [5.74, 6) is -0.765. The van der Waals surface area contributed by atoms with Crippen LogP contribution in [-0.2, 0) is 0 Å². The lowest BCUT2D eigenvalue weighted by molar-refractivity contribution is 0.101. The second-order valence-corrected chi connectivity index (χ2v) is 5.44. The maximum absolute atomic E-state index is 13.0. The zero-order valence-corrected chi connectivity index (χ0v) is 13.1. The summed E-state index contributed by atoms with van der Waals surface area (Å²) in [5, 5.41) is 6.98. The van der Waals surface area contributed by atoms with Gasteiger partial charge >= 0.3 is 0 Å². The quantitative estimate of drug-likeness (QED) is 0.621. The Morgan fingerprint density at radius 3 is 2.44 bits per heavy atom. The van der Waals surface area contributed by atoms with E-state index in [1.54, 1.807) is 10.6 Å². The van der Waals surface area contributed by atoms with Crippen molar-refractivity contribution in [3.63, 3.8) is 0 Å². The molecule has 0 atom stereocenters. The minimum absolute atomic E-state index is 0.0488. The molecule has 0 aliphatic rings. The number of rotatable bonds is 3. The topological polar surface area (TPSA) is 59.3 Å². The summed E-state index contributed by atoms with van der Waals surface area (Å²) >= 11 is 0. The van der Waals surface area contributed by atoms with Gasteiger partial charge in [0, 0.05) is 11.3 Å². The molecule has 0 aliphatic heterocycles. The van der Waals surface area contributed by atoms with Crippen LogP contribution in [-0.4, -0.2) is 20.5 Å². The number of halogens is 1. The largest absolute Gasteiger partial charge is 0.319 e. The lowest BCUT2D eigenvalue weighted by Gasteiger charge is -2.03. The number of pyridine rings is 1. The van der Waals surface area contributed by atoms with Gasteiger partial charge in [-0.1, -0.05) is 36.4 Å². The van der Waals surface area contributed by atoms with Gasteiger partial charge in [0.15, 0.2) is 5.65 Å². The molecular weight excluding hydrogens is 319 g/mol. The average molecular weight is 332 g/mol. The predicted molar refractivity (Wildman–Crippen MR) is 92.8 cm³/mol. The van der Waals surface area contributed by atoms with E-state index in [-0.39, 0.29) is 11.6 Å². The number of amides is 1. The number of benzene rings is 2. The van der Waals surface area contributed by atoms with Crippen LogP contribution in [0, 0.1) is 5.82 Å². The first kappa shape index (κ1) is 15.0. The number of nitrogens with zero attached hydrogens (tertiary/aromatic N) is 3. The van der Waals surface area contributed by atoms with E-state index in [0.717, 1.165) is 11.3 Å². The maximum Gasteiger partial charge on any atom is 0.295 e. The fourth-order valence-corrected chi connectivity index (χ4v) is 2.55. The van der Waals surface area contributed by atoms with Gasteiger partial charge in [-0.2, -0.15) is 0 Å². The third kappa shape index (κ3) is 2.97. The molecule has 2 aromatic carbocycles. The normalized spacial score (nSPS) is 10.8. The Hall–Kier alpha value is -3.54. The number of hydrogen-bond acceptors (Lipinski definition) is 3. The molecule has 0 fully saturated rings. The van der Waals surface area contributed by atoms with E-state index in [9.17, 15) is 9.18 Å². The molecule has 2 heterocycles. The minimum atomic E-state index is -0.450. The molecule has 0 saturated heterocycles. The van der Waals surface area contributed by atoms with Gasteiger partial charge in [0.1, 0.15) is 5.82 Å². The van der Waals surface area contributed by atoms with Crippen LogP contribution in [0.3, 0.4) is 0 Å². The van der Waals surface area contributed by atoms with Gasteiger partial charge in [0.05, 0.1) is 5.69 Å². The van der Waals surface area contributed by atoms with Crippen LogP contribution in [0.25, 0.3) is 16.9 Å². The Morgan fingerprint density at radius 1 is 0.920 bits per heavy atom. The van der Waals surface area contributed by atoms with Gasteiger partial charge in [-0.05, 0) is 36.4 Å². The standard InChI is InChI=1S/C19H13FN4O/c20-14-9-11-15(12-10-14)21-19(25)18-22-17-8-4-7-16(24(17)23-18)13-5-2-1-3-6-13/h1-12H,(H,21,25). The van der Waals surface area contributed by atoms with Gasteiger partial charge in [-0.25, -0.2) is 13.9 Å². The molecule has 0 saturated carbocycles. The molecule has 0 spiro atoms. The Morgan fingerprint density at radius 2 is 1.68 bits per heavy atom. The molecule has 0 aliphatic carbocycles. The van der Waals surface area contributed by atoms with Crippen molar-refractivity contribution in [1.29, 1.82) is 0 Å². The Kier molecular flexibility index (Phi) is 3.70. The summed E-state index contributed by atoms with van der Waals surface area (Å²) < 4.78 is 14.6. The first-order valence-electron chi connectivity index (χ1n) is 7.69. The van der Waals surface area contributed by atoms with Gasteiger partial charge in [0.25, 0.3) is 5.91 Å². The molecule has 25 heavy (non-hydrogen) atoms. The van der Waals surface area contributed by atoms with Crippen LogP contribution in [0.2, 0.25) is 0 Å². The molecule has 4 aromatic rings. The van der Waals surface area contributed by atoms with Crippen LogP contribution in [0.15, 0.2) is 72.8 Å². The van der Waals surface area contributed by atoms with Crippen molar-refractivity contribution in [3.8, 4) is 11.3 Å². The summed E-state index contributed by atoms with van der Waals surface area (Å²) in [6.45, 7) is 0. The van der Waals surface area contributed by atoms with E-state index >= 15 is 0 Å². The molecule has 0 radical (unpaired) electrons. The molecule has 2 aromatic heterocycles. The molecule has 6 heteroatoms. The van der Waals surface area contributed by atoms with E-state index in [4.69, 9.17) is 0 Å². The molecule has 5 nitrogen and oxygen atoms in total. The van der Waals surface area contributed by atoms with Gasteiger partial charge in [-0.3, -0.25) is 4.79 Å². The van der Waals surface area contributed by atoms with Crippen molar-refractivity contribution in [2.24, 2.45) is 0 Å². The summed E-state index contributed by atoms with van der Waals surface area (Å²) in [4.78, 5) is 16.7. The molecule has 0 bridgehead atoms. The van der Waals surface area contributed by atoms with Gasteiger partial charge < -0.3 is 5.32 Å². The molecule has 122 valence electrons. The number of carbonyl (C=O) groups excluding carboxylic acids is 1. The van der Waals surface area contributed by atoms with Crippen molar-refractivity contribution in [2.45, 2.75) is 0 Å². The fraction of sp³-hybridized carbons (Fsp3) is 0. The number of fused-ring (bicyclic) bond motifs is 1. The van der Waals surface area contributed by atoms with Crippen LogP contribution in [0.4, 0.5) is 10.1 Å². The summed E-state index contributed by atoms with van der Waals surface area (Å²) in [6.07, 6.45) is 0. The molecule has 0 unspecified atom stereocenters. The third-order valence-electron chi connectivity index (χ3n) is 3.73. The highest BCUT2D eigenvalue weighted by Gasteiger charge is 2.15. The summed E-state index contributed by atoms with van der Waals surface area (Å²) in [5.41, 5.74) is 2.87. The third-order valence-corrected chi connectivity index (χ3v) is 3.73. The zero-order chi connectivity index (χ0) is 17.2.